The topological polar surface area (TPSA) is 67.4 Å². The Labute approximate surface area is 86.1 Å². The molecular weight excluding hydrogens is 210 g/mol. The number of hydrogen-bond donors (Lipinski definition) is 3. The first kappa shape index (κ1) is 11.4. The third kappa shape index (κ3) is 3.92. The minimum absolute atomic E-state index is 0.360. The van der Waals surface area contributed by atoms with Crippen molar-refractivity contribution in [2.45, 2.75) is 17.7 Å². The number of likely N-dealkylation sites (N-methyl/N-ethyl adjacent to an activating group) is 1. The first-order valence-corrected chi connectivity index (χ1v) is 5.65. The molecule has 0 aliphatic carbocycles. The zero-order chi connectivity index (χ0) is 9.84. The van der Waals surface area contributed by atoms with Gasteiger partial charge in [-0.3, -0.25) is 4.21 Å². The Morgan fingerprint density at radius 3 is 2.92 bits per heavy atom. The van der Waals surface area contributed by atoms with Crippen molar-refractivity contribution in [3.05, 3.63) is 0 Å². The number of rotatable bonds is 4. The lowest BCUT2D eigenvalue weighted by Crippen LogP contribution is -2.42. The molecule has 7 heteroatoms. The molecule has 0 aromatic carbocycles. The predicted octanol–water partition coefficient (Wildman–Crippen LogP) is -1.12. The van der Waals surface area contributed by atoms with E-state index >= 15 is 0 Å². The van der Waals surface area contributed by atoms with Crippen molar-refractivity contribution in [2.75, 3.05) is 20.1 Å². The Kier molecular flexibility index (Phi) is 4.63. The lowest BCUT2D eigenvalue weighted by Gasteiger charge is -2.20. The molecule has 2 N–H and O–H groups in total. The van der Waals surface area contributed by atoms with Crippen LogP contribution < -0.4 is 10.3 Å². The normalized spacial score (nSPS) is 32.2. The second-order valence-electron chi connectivity index (χ2n) is 3.20. The zero-order valence-electron chi connectivity index (χ0n) is 7.40. The molecule has 1 saturated heterocycles. The van der Waals surface area contributed by atoms with Crippen LogP contribution in [0.25, 0.3) is 0 Å². The minimum atomic E-state index is -2.23. The molecule has 0 saturated carbocycles. The van der Waals surface area contributed by atoms with Crippen LogP contribution in [-0.4, -0.2) is 45.1 Å². The highest BCUT2D eigenvalue weighted by atomic mass is 32.2. The van der Waals surface area contributed by atoms with E-state index in [4.69, 9.17) is 0 Å². The Balaban J connectivity index is 2.18. The fourth-order valence-electron chi connectivity index (χ4n) is 1.51. The van der Waals surface area contributed by atoms with E-state index < -0.39 is 11.3 Å². The van der Waals surface area contributed by atoms with Crippen LogP contribution in [0.2, 0.25) is 0 Å². The van der Waals surface area contributed by atoms with Crippen LogP contribution in [-0.2, 0) is 11.3 Å². The van der Waals surface area contributed by atoms with E-state index in [2.05, 4.69) is 27.8 Å². The summed E-state index contributed by atoms with van der Waals surface area (Å²) in [5.74, 6) is 0. The summed E-state index contributed by atoms with van der Waals surface area (Å²) >= 11 is 2.13. The Hall–Kier alpha value is 0.340. The molecule has 13 heavy (non-hydrogen) atoms. The number of nitrogens with one attached hydrogen (secondary N) is 2. The average Bonchev–Trinajstić information content (AvgIpc) is 2.29. The molecule has 0 aromatic rings. The molecule has 0 spiro atoms. The highest BCUT2D eigenvalue weighted by Gasteiger charge is 2.26. The summed E-state index contributed by atoms with van der Waals surface area (Å²) in [5.41, 5.74) is 2.64. The van der Waals surface area contributed by atoms with E-state index in [0.29, 0.717) is 17.8 Å². The van der Waals surface area contributed by atoms with Crippen LogP contribution in [0.5, 0.6) is 0 Å². The van der Waals surface area contributed by atoms with Gasteiger partial charge in [-0.15, -0.1) is 0 Å². The fraction of sp³-hybridized carbons (Fsp3) is 1.00. The van der Waals surface area contributed by atoms with E-state index in [9.17, 15) is 8.76 Å². The van der Waals surface area contributed by atoms with Gasteiger partial charge in [-0.25, -0.2) is 5.43 Å². The number of nitrogens with zero attached hydrogens (tertiary/aromatic N) is 1. The van der Waals surface area contributed by atoms with Crippen LogP contribution in [0.3, 0.4) is 0 Å². The van der Waals surface area contributed by atoms with E-state index in [1.54, 1.807) is 0 Å². The SMILES string of the molecule is CN1C[C@@H](S)C[C@H]1CNNS(=O)[O-]. The van der Waals surface area contributed by atoms with E-state index in [1.807, 2.05) is 7.05 Å². The van der Waals surface area contributed by atoms with Gasteiger partial charge in [-0.2, -0.15) is 17.5 Å². The Morgan fingerprint density at radius 2 is 2.46 bits per heavy atom. The Bertz CT molecular complexity index is 193. The zero-order valence-corrected chi connectivity index (χ0v) is 9.11. The van der Waals surface area contributed by atoms with Crippen molar-refractivity contribution in [1.82, 2.24) is 15.2 Å². The maximum atomic E-state index is 10.1. The summed E-state index contributed by atoms with van der Waals surface area (Å²) in [5, 5.41) is 0.398. The van der Waals surface area contributed by atoms with E-state index in [1.165, 1.54) is 0 Å². The van der Waals surface area contributed by atoms with Crippen molar-refractivity contribution < 1.29 is 8.76 Å². The van der Waals surface area contributed by atoms with Crippen LogP contribution in [0.4, 0.5) is 0 Å². The quantitative estimate of drug-likeness (QED) is 0.321. The van der Waals surface area contributed by atoms with Gasteiger partial charge in [0.2, 0.25) is 0 Å². The van der Waals surface area contributed by atoms with Gasteiger partial charge in [0, 0.05) is 35.6 Å². The molecule has 0 radical (unpaired) electrons. The maximum absolute atomic E-state index is 10.1. The highest BCUT2D eigenvalue weighted by molar-refractivity contribution is 7.81. The second kappa shape index (κ2) is 5.28. The lowest BCUT2D eigenvalue weighted by atomic mass is 10.2. The smallest absolute Gasteiger partial charge is 0.0324 e. The molecule has 1 fully saturated rings. The van der Waals surface area contributed by atoms with Gasteiger partial charge in [-0.1, -0.05) is 0 Å². The maximum Gasteiger partial charge on any atom is 0.0324 e. The third-order valence-electron chi connectivity index (χ3n) is 2.16. The number of hydrazine groups is 1. The van der Waals surface area contributed by atoms with Gasteiger partial charge >= 0.3 is 0 Å². The summed E-state index contributed by atoms with van der Waals surface area (Å²) in [6.45, 7) is 1.57. The van der Waals surface area contributed by atoms with Crippen molar-refractivity contribution >= 4 is 23.9 Å². The van der Waals surface area contributed by atoms with Gasteiger partial charge in [0.05, 0.1) is 0 Å². The first-order chi connectivity index (χ1) is 6.09. The van der Waals surface area contributed by atoms with Crippen LogP contribution in [0.15, 0.2) is 0 Å². The Morgan fingerprint density at radius 1 is 1.77 bits per heavy atom. The number of likely N-dealkylation sites (tertiary alicyclic amines) is 1. The summed E-state index contributed by atoms with van der Waals surface area (Å²) in [6.07, 6.45) is 0.986. The van der Waals surface area contributed by atoms with Gasteiger partial charge in [-0.05, 0) is 13.5 Å². The van der Waals surface area contributed by atoms with Crippen molar-refractivity contribution in [2.24, 2.45) is 0 Å². The van der Waals surface area contributed by atoms with Crippen LogP contribution in [0, 0.1) is 0 Å². The van der Waals surface area contributed by atoms with Crippen LogP contribution in [0.1, 0.15) is 6.42 Å². The molecule has 1 aliphatic heterocycles. The monoisotopic (exact) mass is 224 g/mol. The van der Waals surface area contributed by atoms with E-state index in [0.717, 1.165) is 13.0 Å². The number of thiol groups is 1. The highest BCUT2D eigenvalue weighted by Crippen LogP contribution is 2.18. The van der Waals surface area contributed by atoms with Gasteiger partial charge in [0.1, 0.15) is 0 Å². The molecule has 0 bridgehead atoms. The first-order valence-electron chi connectivity index (χ1n) is 4.05. The largest absolute Gasteiger partial charge is 0.759 e. The van der Waals surface area contributed by atoms with Crippen molar-refractivity contribution in [3.8, 4) is 0 Å². The molecule has 0 aromatic heterocycles. The molecule has 0 amide bonds. The lowest BCUT2D eigenvalue weighted by molar-refractivity contribution is 0.297. The molecule has 5 nitrogen and oxygen atoms in total. The molecule has 3 atom stereocenters. The van der Waals surface area contributed by atoms with Gasteiger partial charge in [0.25, 0.3) is 0 Å². The fourth-order valence-corrected chi connectivity index (χ4v) is 2.21. The second-order valence-corrected chi connectivity index (χ2v) is 4.60. The predicted molar refractivity (Wildman–Crippen MR) is 53.9 cm³/mol. The molecular formula is C6H14N3O2S2-. The van der Waals surface area contributed by atoms with Gasteiger partial charge < -0.3 is 9.45 Å². The third-order valence-corrected chi connectivity index (χ3v) is 2.84. The molecule has 78 valence electrons. The molecule has 1 unspecified atom stereocenters. The van der Waals surface area contributed by atoms with Crippen LogP contribution >= 0.6 is 12.6 Å². The molecule has 1 heterocycles. The summed E-state index contributed by atoms with van der Waals surface area (Å²) in [4.78, 5) is 4.29. The summed E-state index contributed by atoms with van der Waals surface area (Å²) in [7, 11) is 2.01. The number of hydrogen-bond acceptors (Lipinski definition) is 5. The van der Waals surface area contributed by atoms with E-state index in [-0.39, 0.29) is 0 Å². The standard InChI is InChI=1S/C6H15N3O2S2/c1-9-4-6(12)2-5(9)3-7-8-13(10)11/h5-8,12H,2-4H2,1H3,(H,10,11)/p-1/t5-,6-/m0/s1. The minimum Gasteiger partial charge on any atom is -0.759 e. The molecule has 1 aliphatic rings. The average molecular weight is 224 g/mol. The van der Waals surface area contributed by atoms with Crippen molar-refractivity contribution in [1.29, 1.82) is 0 Å². The summed E-state index contributed by atoms with van der Waals surface area (Å²) in [6, 6.07) is 0.360. The van der Waals surface area contributed by atoms with Crippen molar-refractivity contribution in [3.63, 3.8) is 0 Å². The molecule has 1 rings (SSSR count). The summed E-state index contributed by atoms with van der Waals surface area (Å²) < 4.78 is 20.2. The van der Waals surface area contributed by atoms with Gasteiger partial charge in [0.15, 0.2) is 0 Å².